The number of halogens is 1. The Balaban J connectivity index is 2.89. The number of benzene rings is 1. The molecule has 0 atom stereocenters. The smallest absolute Gasteiger partial charge is 0.207 e. The van der Waals surface area contributed by atoms with Gasteiger partial charge in [-0.3, -0.25) is 0 Å². The van der Waals surface area contributed by atoms with Gasteiger partial charge in [0.1, 0.15) is 0 Å². The Morgan fingerprint density at radius 3 is 2.72 bits per heavy atom. The zero-order chi connectivity index (χ0) is 13.6. The number of hydrogen-bond acceptors (Lipinski definition) is 3. The van der Waals surface area contributed by atoms with Crippen molar-refractivity contribution in [1.82, 2.24) is 4.72 Å². The molecule has 0 fully saturated rings. The van der Waals surface area contributed by atoms with E-state index in [0.717, 1.165) is 0 Å². The van der Waals surface area contributed by atoms with Crippen molar-refractivity contribution in [2.45, 2.75) is 11.8 Å². The van der Waals surface area contributed by atoms with E-state index >= 15 is 0 Å². The largest absolute Gasteiger partial charge is 0.240 e. The third kappa shape index (κ3) is 3.84. The van der Waals surface area contributed by atoms with Crippen molar-refractivity contribution in [1.29, 1.82) is 5.26 Å². The molecule has 6 heteroatoms. The second-order valence-corrected chi connectivity index (χ2v) is 5.64. The summed E-state index contributed by atoms with van der Waals surface area (Å²) in [5.41, 5.74) is 1.10. The molecule has 0 radical (unpaired) electrons. The van der Waals surface area contributed by atoms with Crippen LogP contribution in [-0.2, 0) is 10.0 Å². The topological polar surface area (TPSA) is 70.0 Å². The third-order valence-corrected chi connectivity index (χ3v) is 3.87. The molecular formula is C12H13ClN2O2S. The lowest BCUT2D eigenvalue weighted by Crippen LogP contribution is -2.23. The molecule has 0 amide bonds. The molecule has 0 unspecified atom stereocenters. The summed E-state index contributed by atoms with van der Waals surface area (Å²) in [6.45, 7) is 1.89. The van der Waals surface area contributed by atoms with Crippen molar-refractivity contribution < 1.29 is 8.42 Å². The quantitative estimate of drug-likeness (QED) is 0.663. The van der Waals surface area contributed by atoms with Gasteiger partial charge >= 0.3 is 0 Å². The fourth-order valence-corrected chi connectivity index (χ4v) is 2.50. The van der Waals surface area contributed by atoms with E-state index < -0.39 is 10.0 Å². The molecule has 96 valence electrons. The Morgan fingerprint density at radius 1 is 1.44 bits per heavy atom. The SMILES string of the molecule is Cc1cc(S(=O)(=O)NC/C=C/CCl)ccc1C#N. The first-order valence-corrected chi connectivity index (χ1v) is 7.24. The highest BCUT2D eigenvalue weighted by molar-refractivity contribution is 7.89. The number of nitrogens with zero attached hydrogens (tertiary/aromatic N) is 1. The zero-order valence-corrected chi connectivity index (χ0v) is 11.4. The number of nitrogens with one attached hydrogen (secondary N) is 1. The lowest BCUT2D eigenvalue weighted by atomic mass is 10.1. The van der Waals surface area contributed by atoms with Crippen molar-refractivity contribution in [3.05, 3.63) is 41.5 Å². The Morgan fingerprint density at radius 2 is 2.17 bits per heavy atom. The van der Waals surface area contributed by atoms with E-state index in [4.69, 9.17) is 16.9 Å². The first-order valence-electron chi connectivity index (χ1n) is 5.22. The molecule has 0 aliphatic rings. The summed E-state index contributed by atoms with van der Waals surface area (Å²) in [4.78, 5) is 0.151. The van der Waals surface area contributed by atoms with Crippen molar-refractivity contribution in [2.24, 2.45) is 0 Å². The van der Waals surface area contributed by atoms with Crippen LogP contribution < -0.4 is 4.72 Å². The molecule has 1 N–H and O–H groups in total. The van der Waals surface area contributed by atoms with Crippen LogP contribution in [0.25, 0.3) is 0 Å². The monoisotopic (exact) mass is 284 g/mol. The Labute approximate surface area is 112 Å². The summed E-state index contributed by atoms with van der Waals surface area (Å²) in [5, 5.41) is 8.78. The lowest BCUT2D eigenvalue weighted by Gasteiger charge is -2.06. The van der Waals surface area contributed by atoms with Crippen LogP contribution in [0.15, 0.2) is 35.2 Å². The van der Waals surface area contributed by atoms with Crippen LogP contribution in [0.5, 0.6) is 0 Å². The first-order chi connectivity index (χ1) is 8.51. The summed E-state index contributed by atoms with van der Waals surface area (Å²) in [7, 11) is -3.54. The first kappa shape index (κ1) is 14.7. The summed E-state index contributed by atoms with van der Waals surface area (Å²) in [5.74, 6) is 0.345. The fraction of sp³-hybridized carbons (Fsp3) is 0.250. The average Bonchev–Trinajstić information content (AvgIpc) is 2.34. The second-order valence-electron chi connectivity index (χ2n) is 3.57. The van der Waals surface area contributed by atoms with Crippen LogP contribution in [0.1, 0.15) is 11.1 Å². The van der Waals surface area contributed by atoms with Gasteiger partial charge in [0.05, 0.1) is 16.5 Å². The highest BCUT2D eigenvalue weighted by Crippen LogP contribution is 2.14. The van der Waals surface area contributed by atoms with E-state index in [0.29, 0.717) is 17.0 Å². The molecule has 0 bridgehead atoms. The molecule has 1 aromatic carbocycles. The third-order valence-electron chi connectivity index (χ3n) is 2.28. The highest BCUT2D eigenvalue weighted by Gasteiger charge is 2.13. The summed E-state index contributed by atoms with van der Waals surface area (Å²) >= 11 is 5.43. The number of rotatable bonds is 5. The van der Waals surface area contributed by atoms with Crippen molar-refractivity contribution >= 4 is 21.6 Å². The Kier molecular flexibility index (Phi) is 5.35. The van der Waals surface area contributed by atoms with Gasteiger partial charge in [0.25, 0.3) is 0 Å². The molecule has 0 aromatic heterocycles. The number of nitriles is 1. The summed E-state index contributed by atoms with van der Waals surface area (Å²) < 4.78 is 26.2. The van der Waals surface area contributed by atoms with Gasteiger partial charge in [-0.2, -0.15) is 5.26 Å². The van der Waals surface area contributed by atoms with E-state index in [-0.39, 0.29) is 11.4 Å². The van der Waals surface area contributed by atoms with Crippen molar-refractivity contribution in [3.8, 4) is 6.07 Å². The molecule has 0 aliphatic carbocycles. The van der Waals surface area contributed by atoms with Crippen LogP contribution in [0.3, 0.4) is 0 Å². The standard InChI is InChI=1S/C12H13ClN2O2S/c1-10-8-12(5-4-11(10)9-14)18(16,17)15-7-3-2-6-13/h2-5,8,15H,6-7H2,1H3/b3-2+. The maximum atomic E-state index is 11.9. The van der Waals surface area contributed by atoms with Crippen LogP contribution in [0.4, 0.5) is 0 Å². The molecule has 1 rings (SSSR count). The van der Waals surface area contributed by atoms with Crippen LogP contribution in [-0.4, -0.2) is 20.8 Å². The van der Waals surface area contributed by atoms with E-state index in [1.54, 1.807) is 19.1 Å². The summed E-state index contributed by atoms with van der Waals surface area (Å²) in [6, 6.07) is 6.39. The van der Waals surface area contributed by atoms with Gasteiger partial charge in [0.15, 0.2) is 0 Å². The normalized spacial score (nSPS) is 11.6. The molecule has 0 saturated carbocycles. The molecule has 4 nitrogen and oxygen atoms in total. The number of alkyl halides is 1. The maximum Gasteiger partial charge on any atom is 0.240 e. The number of aryl methyl sites for hydroxylation is 1. The number of hydrogen-bond donors (Lipinski definition) is 1. The number of sulfonamides is 1. The van der Waals surface area contributed by atoms with Gasteiger partial charge in [-0.1, -0.05) is 12.2 Å². The minimum Gasteiger partial charge on any atom is -0.207 e. The predicted octanol–water partition coefficient (Wildman–Crippen LogP) is 1.94. The number of allylic oxidation sites excluding steroid dienone is 1. The lowest BCUT2D eigenvalue weighted by molar-refractivity contribution is 0.585. The highest BCUT2D eigenvalue weighted by atomic mass is 35.5. The molecule has 1 aromatic rings. The second kappa shape index (κ2) is 6.55. The fourth-order valence-electron chi connectivity index (χ4n) is 1.32. The van der Waals surface area contributed by atoms with Crippen molar-refractivity contribution in [2.75, 3.05) is 12.4 Å². The predicted molar refractivity (Wildman–Crippen MR) is 70.9 cm³/mol. The minimum absolute atomic E-state index is 0.151. The van der Waals surface area contributed by atoms with Crippen LogP contribution in [0, 0.1) is 18.3 Å². The Hall–Kier alpha value is -1.35. The van der Waals surface area contributed by atoms with E-state index in [1.165, 1.54) is 18.2 Å². The average molecular weight is 285 g/mol. The molecule has 18 heavy (non-hydrogen) atoms. The van der Waals surface area contributed by atoms with E-state index in [2.05, 4.69) is 4.72 Å². The van der Waals surface area contributed by atoms with Gasteiger partial charge in [-0.25, -0.2) is 13.1 Å². The van der Waals surface area contributed by atoms with E-state index in [1.807, 2.05) is 6.07 Å². The van der Waals surface area contributed by atoms with Gasteiger partial charge in [-0.15, -0.1) is 11.6 Å². The molecular weight excluding hydrogens is 272 g/mol. The molecule has 0 heterocycles. The van der Waals surface area contributed by atoms with Gasteiger partial charge in [0.2, 0.25) is 10.0 Å². The zero-order valence-electron chi connectivity index (χ0n) is 9.85. The van der Waals surface area contributed by atoms with Gasteiger partial charge in [-0.05, 0) is 30.7 Å². The summed E-state index contributed by atoms with van der Waals surface area (Å²) in [6.07, 6.45) is 3.30. The molecule has 0 spiro atoms. The van der Waals surface area contributed by atoms with Gasteiger partial charge < -0.3 is 0 Å². The van der Waals surface area contributed by atoms with Crippen molar-refractivity contribution in [3.63, 3.8) is 0 Å². The molecule has 0 saturated heterocycles. The minimum atomic E-state index is -3.54. The maximum absolute atomic E-state index is 11.9. The molecule has 0 aliphatic heterocycles. The van der Waals surface area contributed by atoms with Crippen LogP contribution in [0.2, 0.25) is 0 Å². The van der Waals surface area contributed by atoms with Crippen LogP contribution >= 0.6 is 11.6 Å². The van der Waals surface area contributed by atoms with E-state index in [9.17, 15) is 8.42 Å². The Bertz CT molecular complexity index is 589. The van der Waals surface area contributed by atoms with Gasteiger partial charge in [0, 0.05) is 12.4 Å².